The Balaban J connectivity index is 1.85. The SMILES string of the molecule is CCCCNC(=O)N1CCCC(CNC(=O)c2cccc(C(F)(F)F)c2)C1. The van der Waals surface area contributed by atoms with Crippen LogP contribution in [0.5, 0.6) is 0 Å². The van der Waals surface area contributed by atoms with E-state index in [1.807, 2.05) is 0 Å². The summed E-state index contributed by atoms with van der Waals surface area (Å²) in [5.41, 5.74) is -0.863. The van der Waals surface area contributed by atoms with Crippen LogP contribution in [0.3, 0.4) is 0 Å². The first-order valence-corrected chi connectivity index (χ1v) is 9.29. The monoisotopic (exact) mass is 385 g/mol. The molecule has 2 rings (SSSR count). The van der Waals surface area contributed by atoms with Crippen molar-refractivity contribution in [3.63, 3.8) is 0 Å². The number of likely N-dealkylation sites (tertiary alicyclic amines) is 1. The highest BCUT2D eigenvalue weighted by molar-refractivity contribution is 5.94. The number of unbranched alkanes of at least 4 members (excludes halogenated alkanes) is 1. The van der Waals surface area contributed by atoms with E-state index in [-0.39, 0.29) is 17.5 Å². The molecule has 0 radical (unpaired) electrons. The molecule has 0 aromatic heterocycles. The van der Waals surface area contributed by atoms with E-state index in [1.54, 1.807) is 4.90 Å². The number of rotatable bonds is 6. The zero-order valence-electron chi connectivity index (χ0n) is 15.4. The van der Waals surface area contributed by atoms with Gasteiger partial charge in [-0.3, -0.25) is 4.79 Å². The van der Waals surface area contributed by atoms with Crippen molar-refractivity contribution >= 4 is 11.9 Å². The molecule has 1 heterocycles. The van der Waals surface area contributed by atoms with Crippen LogP contribution in [0.4, 0.5) is 18.0 Å². The molecule has 0 spiro atoms. The molecule has 1 aromatic carbocycles. The van der Waals surface area contributed by atoms with Gasteiger partial charge in [-0.15, -0.1) is 0 Å². The van der Waals surface area contributed by atoms with E-state index in [9.17, 15) is 22.8 Å². The highest BCUT2D eigenvalue weighted by Crippen LogP contribution is 2.29. The molecule has 1 aliphatic rings. The van der Waals surface area contributed by atoms with Crippen LogP contribution < -0.4 is 10.6 Å². The molecule has 1 aromatic rings. The highest BCUT2D eigenvalue weighted by atomic mass is 19.4. The summed E-state index contributed by atoms with van der Waals surface area (Å²) in [5, 5.41) is 5.57. The van der Waals surface area contributed by atoms with Gasteiger partial charge >= 0.3 is 12.2 Å². The minimum absolute atomic E-state index is 0.0187. The molecule has 2 N–H and O–H groups in total. The molecular weight excluding hydrogens is 359 g/mol. The van der Waals surface area contributed by atoms with E-state index in [2.05, 4.69) is 17.6 Å². The topological polar surface area (TPSA) is 61.4 Å². The number of hydrogen-bond acceptors (Lipinski definition) is 2. The smallest absolute Gasteiger partial charge is 0.352 e. The lowest BCUT2D eigenvalue weighted by atomic mass is 9.98. The minimum atomic E-state index is -4.48. The van der Waals surface area contributed by atoms with Crippen molar-refractivity contribution in [2.45, 2.75) is 38.8 Å². The highest BCUT2D eigenvalue weighted by Gasteiger charge is 2.31. The van der Waals surface area contributed by atoms with Crippen LogP contribution in [-0.4, -0.2) is 43.0 Å². The third-order valence-corrected chi connectivity index (χ3v) is 4.62. The first kappa shape index (κ1) is 21.1. The van der Waals surface area contributed by atoms with Crippen molar-refractivity contribution in [3.8, 4) is 0 Å². The molecule has 1 fully saturated rings. The van der Waals surface area contributed by atoms with Crippen LogP contribution in [0.15, 0.2) is 24.3 Å². The molecule has 3 amide bonds. The second-order valence-corrected chi connectivity index (χ2v) is 6.83. The summed E-state index contributed by atoms with van der Waals surface area (Å²) in [5.74, 6) is -0.448. The van der Waals surface area contributed by atoms with E-state index in [0.29, 0.717) is 26.2 Å². The number of hydrogen-bond donors (Lipinski definition) is 2. The Bertz CT molecular complexity index is 649. The van der Waals surface area contributed by atoms with Crippen molar-refractivity contribution in [1.29, 1.82) is 0 Å². The number of piperidine rings is 1. The summed E-state index contributed by atoms with van der Waals surface area (Å²) < 4.78 is 38.3. The molecule has 1 saturated heterocycles. The van der Waals surface area contributed by atoms with E-state index < -0.39 is 17.6 Å². The molecule has 0 bridgehead atoms. The summed E-state index contributed by atoms with van der Waals surface area (Å²) in [6.07, 6.45) is -0.848. The molecule has 5 nitrogen and oxygen atoms in total. The predicted molar refractivity (Wildman–Crippen MR) is 96.4 cm³/mol. The maximum absolute atomic E-state index is 12.8. The summed E-state index contributed by atoms with van der Waals surface area (Å²) in [4.78, 5) is 26.1. The number of urea groups is 1. The van der Waals surface area contributed by atoms with E-state index in [1.165, 1.54) is 12.1 Å². The molecule has 0 saturated carbocycles. The van der Waals surface area contributed by atoms with Crippen molar-refractivity contribution in [2.75, 3.05) is 26.2 Å². The average Bonchev–Trinajstić information content (AvgIpc) is 2.66. The standard InChI is InChI=1S/C19H26F3N3O2/c1-2-3-9-23-18(27)25-10-5-6-14(13-25)12-24-17(26)15-7-4-8-16(11-15)19(20,21)22/h4,7-8,11,14H,2-3,5-6,9-10,12-13H2,1H3,(H,23,27)(H,24,26). The van der Waals surface area contributed by atoms with Crippen LogP contribution in [0, 0.1) is 5.92 Å². The Morgan fingerprint density at radius 3 is 2.74 bits per heavy atom. The van der Waals surface area contributed by atoms with Crippen LogP contribution in [0.25, 0.3) is 0 Å². The van der Waals surface area contributed by atoms with Gasteiger partial charge in [-0.1, -0.05) is 19.4 Å². The van der Waals surface area contributed by atoms with Crippen molar-refractivity contribution < 1.29 is 22.8 Å². The lowest BCUT2D eigenvalue weighted by molar-refractivity contribution is -0.137. The second-order valence-electron chi connectivity index (χ2n) is 6.83. The van der Waals surface area contributed by atoms with Gasteiger partial charge in [0.1, 0.15) is 0 Å². The van der Waals surface area contributed by atoms with Gasteiger partial charge in [0.25, 0.3) is 5.91 Å². The van der Waals surface area contributed by atoms with Gasteiger partial charge in [0.15, 0.2) is 0 Å². The van der Waals surface area contributed by atoms with Crippen molar-refractivity contribution in [1.82, 2.24) is 15.5 Å². The van der Waals surface area contributed by atoms with Crippen molar-refractivity contribution in [3.05, 3.63) is 35.4 Å². The molecule has 27 heavy (non-hydrogen) atoms. The maximum atomic E-state index is 12.8. The van der Waals surface area contributed by atoms with Gasteiger partial charge in [0.05, 0.1) is 5.56 Å². The fourth-order valence-electron chi connectivity index (χ4n) is 3.08. The molecule has 1 unspecified atom stereocenters. The van der Waals surface area contributed by atoms with Gasteiger partial charge in [-0.25, -0.2) is 4.79 Å². The van der Waals surface area contributed by atoms with Gasteiger partial charge in [0, 0.05) is 31.7 Å². The number of benzene rings is 1. The average molecular weight is 385 g/mol. The summed E-state index contributed by atoms with van der Waals surface area (Å²) in [6.45, 7) is 4.23. The lowest BCUT2D eigenvalue weighted by Gasteiger charge is -2.33. The number of nitrogens with zero attached hydrogens (tertiary/aromatic N) is 1. The Hall–Kier alpha value is -2.25. The fourth-order valence-corrected chi connectivity index (χ4v) is 3.08. The van der Waals surface area contributed by atoms with Gasteiger partial charge in [-0.2, -0.15) is 13.2 Å². The number of amides is 3. The molecule has 1 atom stereocenters. The number of alkyl halides is 3. The fraction of sp³-hybridized carbons (Fsp3) is 0.579. The van der Waals surface area contributed by atoms with Crippen LogP contribution in [0.1, 0.15) is 48.5 Å². The van der Waals surface area contributed by atoms with Crippen molar-refractivity contribution in [2.24, 2.45) is 5.92 Å². The van der Waals surface area contributed by atoms with Gasteiger partial charge in [-0.05, 0) is 43.4 Å². The molecular formula is C19H26F3N3O2. The molecule has 0 aliphatic carbocycles. The normalized spacial score (nSPS) is 17.5. The van der Waals surface area contributed by atoms with E-state index in [0.717, 1.165) is 37.8 Å². The quantitative estimate of drug-likeness (QED) is 0.734. The van der Waals surface area contributed by atoms with Crippen LogP contribution in [-0.2, 0) is 6.18 Å². The zero-order valence-corrected chi connectivity index (χ0v) is 15.4. The Labute approximate surface area is 157 Å². The summed E-state index contributed by atoms with van der Waals surface area (Å²) >= 11 is 0. The van der Waals surface area contributed by atoms with E-state index >= 15 is 0 Å². The number of nitrogens with one attached hydrogen (secondary N) is 2. The number of carbonyl (C=O) groups excluding carboxylic acids is 2. The van der Waals surface area contributed by atoms with Gasteiger partial charge < -0.3 is 15.5 Å². The van der Waals surface area contributed by atoms with E-state index in [4.69, 9.17) is 0 Å². The number of halogens is 3. The third-order valence-electron chi connectivity index (χ3n) is 4.62. The number of carbonyl (C=O) groups is 2. The second kappa shape index (κ2) is 9.62. The van der Waals surface area contributed by atoms with Crippen LogP contribution in [0.2, 0.25) is 0 Å². The first-order valence-electron chi connectivity index (χ1n) is 9.29. The lowest BCUT2D eigenvalue weighted by Crippen LogP contribution is -2.47. The zero-order chi connectivity index (χ0) is 19.9. The Morgan fingerprint density at radius 1 is 1.26 bits per heavy atom. The first-order chi connectivity index (χ1) is 12.8. The van der Waals surface area contributed by atoms with Crippen LogP contribution >= 0.6 is 0 Å². The Morgan fingerprint density at radius 2 is 2.04 bits per heavy atom. The predicted octanol–water partition coefficient (Wildman–Crippen LogP) is 3.66. The summed E-state index contributed by atoms with van der Waals surface area (Å²) in [7, 11) is 0. The largest absolute Gasteiger partial charge is 0.416 e. The molecule has 8 heteroatoms. The minimum Gasteiger partial charge on any atom is -0.352 e. The summed E-state index contributed by atoms with van der Waals surface area (Å²) in [6, 6.07) is 4.27. The third kappa shape index (κ3) is 6.45. The van der Waals surface area contributed by atoms with Gasteiger partial charge in [0.2, 0.25) is 0 Å². The maximum Gasteiger partial charge on any atom is 0.416 e. The Kier molecular flexibility index (Phi) is 7.50. The molecule has 1 aliphatic heterocycles. The molecule has 150 valence electrons.